The predicted octanol–water partition coefficient (Wildman–Crippen LogP) is 10.0. The fourth-order valence-electron chi connectivity index (χ4n) is 5.91. The first-order chi connectivity index (χ1) is 19.2. The summed E-state index contributed by atoms with van der Waals surface area (Å²) in [6, 6.07) is 40.6. The Bertz CT molecular complexity index is 2040. The maximum absolute atomic E-state index is 6.51. The molecule has 5 aromatic carbocycles. The zero-order chi connectivity index (χ0) is 25.9. The number of fused-ring (bicyclic) bond motifs is 10. The maximum atomic E-state index is 6.51. The molecule has 0 radical (unpaired) electrons. The summed E-state index contributed by atoms with van der Waals surface area (Å²) in [6.07, 6.45) is 1.85. The quantitative estimate of drug-likeness (QED) is 0.257. The Morgan fingerprint density at radius 1 is 0.590 bits per heavy atom. The van der Waals surface area contributed by atoms with Gasteiger partial charge in [0.05, 0.1) is 11.4 Å². The highest BCUT2D eigenvalue weighted by Crippen LogP contribution is 2.49. The lowest BCUT2D eigenvalue weighted by atomic mass is 9.85. The molecule has 0 atom stereocenters. The molecule has 0 unspecified atom stereocenters. The number of pyridine rings is 1. The largest absolute Gasteiger partial charge is 0.454 e. The van der Waals surface area contributed by atoms with Gasteiger partial charge in [0.2, 0.25) is 0 Å². The van der Waals surface area contributed by atoms with Crippen molar-refractivity contribution in [3.8, 4) is 44.6 Å². The number of hydrogen-bond acceptors (Lipinski definition) is 3. The summed E-state index contributed by atoms with van der Waals surface area (Å²) in [5, 5.41) is 6.05. The molecule has 3 heterocycles. The van der Waals surface area contributed by atoms with Crippen LogP contribution in [0, 0.1) is 6.92 Å². The smallest absolute Gasteiger partial charge is 0.159 e. The van der Waals surface area contributed by atoms with Crippen molar-refractivity contribution in [1.29, 1.82) is 0 Å². The predicted molar refractivity (Wildman–Crippen MR) is 161 cm³/mol. The second-order valence-corrected chi connectivity index (χ2v) is 10.1. The molecule has 2 aromatic heterocycles. The minimum absolute atomic E-state index is 0.876. The van der Waals surface area contributed by atoms with Crippen LogP contribution in [0.25, 0.3) is 66.6 Å². The van der Waals surface area contributed by atoms with Crippen molar-refractivity contribution in [3.63, 3.8) is 0 Å². The monoisotopic (exact) mass is 500 g/mol. The van der Waals surface area contributed by atoms with Crippen molar-refractivity contribution in [2.45, 2.75) is 6.92 Å². The van der Waals surface area contributed by atoms with Gasteiger partial charge in [-0.25, -0.2) is 0 Å². The fourth-order valence-corrected chi connectivity index (χ4v) is 5.91. The number of anilines is 2. The lowest BCUT2D eigenvalue weighted by Crippen LogP contribution is -2.03. The van der Waals surface area contributed by atoms with Crippen LogP contribution in [0.1, 0.15) is 5.56 Å². The Balaban J connectivity index is 1.47. The van der Waals surface area contributed by atoms with E-state index in [2.05, 4.69) is 108 Å². The summed E-state index contributed by atoms with van der Waals surface area (Å²) < 4.78 is 6.51. The second-order valence-electron chi connectivity index (χ2n) is 10.1. The summed E-state index contributed by atoms with van der Waals surface area (Å²) in [6.45, 7) is 2.23. The molecule has 3 nitrogen and oxygen atoms in total. The highest BCUT2D eigenvalue weighted by Gasteiger charge is 2.24. The van der Waals surface area contributed by atoms with Crippen LogP contribution in [0.5, 0.6) is 0 Å². The molecule has 39 heavy (non-hydrogen) atoms. The molecule has 0 saturated carbocycles. The summed E-state index contributed by atoms with van der Waals surface area (Å²) in [5.41, 5.74) is 14.2. The Morgan fingerprint density at radius 3 is 2.21 bits per heavy atom. The maximum Gasteiger partial charge on any atom is 0.159 e. The summed E-state index contributed by atoms with van der Waals surface area (Å²) in [4.78, 5) is 4.62. The van der Waals surface area contributed by atoms with Crippen molar-refractivity contribution in [2.24, 2.45) is 0 Å². The van der Waals surface area contributed by atoms with E-state index in [0.29, 0.717) is 0 Å². The molecule has 0 amide bonds. The van der Waals surface area contributed by atoms with Gasteiger partial charge in [-0.05, 0) is 83.3 Å². The Morgan fingerprint density at radius 2 is 1.36 bits per heavy atom. The van der Waals surface area contributed by atoms with E-state index in [-0.39, 0.29) is 0 Å². The average molecular weight is 501 g/mol. The van der Waals surface area contributed by atoms with E-state index < -0.39 is 0 Å². The van der Waals surface area contributed by atoms with Gasteiger partial charge in [0.1, 0.15) is 5.58 Å². The number of hydrogen-bond donors (Lipinski definition) is 1. The molecule has 1 aliphatic rings. The van der Waals surface area contributed by atoms with Gasteiger partial charge in [0, 0.05) is 39.3 Å². The highest BCUT2D eigenvalue weighted by molar-refractivity contribution is 6.13. The van der Waals surface area contributed by atoms with E-state index >= 15 is 0 Å². The van der Waals surface area contributed by atoms with Crippen LogP contribution in [0.15, 0.2) is 126 Å². The van der Waals surface area contributed by atoms with Crippen LogP contribution in [0.3, 0.4) is 0 Å². The first-order valence-corrected chi connectivity index (χ1v) is 13.2. The third-order valence-corrected chi connectivity index (χ3v) is 7.88. The highest BCUT2D eigenvalue weighted by atomic mass is 16.3. The molecule has 2 bridgehead atoms. The second kappa shape index (κ2) is 8.44. The third kappa shape index (κ3) is 3.40. The van der Waals surface area contributed by atoms with E-state index in [1.165, 1.54) is 27.8 Å². The number of benzene rings is 5. The molecule has 8 rings (SSSR count). The molecule has 7 aromatic rings. The van der Waals surface area contributed by atoms with Crippen molar-refractivity contribution in [2.75, 3.05) is 5.32 Å². The fraction of sp³-hybridized carbons (Fsp3) is 0.0278. The van der Waals surface area contributed by atoms with E-state index in [0.717, 1.165) is 55.7 Å². The van der Waals surface area contributed by atoms with Gasteiger partial charge in [0.25, 0.3) is 0 Å². The summed E-state index contributed by atoms with van der Waals surface area (Å²) >= 11 is 0. The third-order valence-electron chi connectivity index (χ3n) is 7.88. The Kier molecular flexibility index (Phi) is 4.74. The van der Waals surface area contributed by atoms with E-state index in [1.807, 2.05) is 30.5 Å². The van der Waals surface area contributed by atoms with Crippen LogP contribution in [0.2, 0.25) is 0 Å². The molecule has 0 saturated heterocycles. The standard InChI is InChI=1S/C36H24N2O/c1-22-29-20-25(23-9-3-2-4-10-23)21-30(22)31-19-24(32-12-7-8-18-37-32)14-17-33(31)38-35-27(29)15-16-28-26-11-5-6-13-34(26)39-36(28)35/h2-21,38H,1H3. The van der Waals surface area contributed by atoms with Gasteiger partial charge in [0.15, 0.2) is 5.58 Å². The molecule has 1 N–H and O–H groups in total. The molecule has 1 aliphatic heterocycles. The zero-order valence-electron chi connectivity index (χ0n) is 21.4. The number of nitrogens with zero attached hydrogens (tertiary/aromatic N) is 1. The SMILES string of the molecule is Cc1c2cc(-c3ccccc3)cc1-c1ccc3c(oc4ccccc43)c1Nc1ccc(-c3ccccn3)cc1-2. The van der Waals surface area contributed by atoms with E-state index in [1.54, 1.807) is 0 Å². The first-order valence-electron chi connectivity index (χ1n) is 13.2. The van der Waals surface area contributed by atoms with Crippen LogP contribution in [-0.2, 0) is 0 Å². The van der Waals surface area contributed by atoms with Gasteiger partial charge in [-0.2, -0.15) is 0 Å². The Hall–Kier alpha value is -5.15. The first kappa shape index (κ1) is 21.9. The summed E-state index contributed by atoms with van der Waals surface area (Å²) in [7, 11) is 0. The van der Waals surface area contributed by atoms with Gasteiger partial charge < -0.3 is 9.73 Å². The average Bonchev–Trinajstić information content (AvgIpc) is 3.38. The van der Waals surface area contributed by atoms with Crippen molar-refractivity contribution < 1.29 is 4.42 Å². The number of nitrogens with one attached hydrogen (secondary N) is 1. The summed E-state index contributed by atoms with van der Waals surface area (Å²) in [5.74, 6) is 0. The molecule has 3 heteroatoms. The lowest BCUT2D eigenvalue weighted by molar-refractivity contribution is 0.670. The van der Waals surface area contributed by atoms with Gasteiger partial charge in [-0.15, -0.1) is 0 Å². The van der Waals surface area contributed by atoms with Crippen LogP contribution < -0.4 is 5.32 Å². The van der Waals surface area contributed by atoms with Crippen LogP contribution in [0.4, 0.5) is 11.4 Å². The van der Waals surface area contributed by atoms with Crippen molar-refractivity contribution in [3.05, 3.63) is 127 Å². The molecular formula is C36H24N2O. The molecule has 0 spiro atoms. The van der Waals surface area contributed by atoms with Gasteiger partial charge >= 0.3 is 0 Å². The molecule has 0 aliphatic carbocycles. The number of aromatic nitrogens is 1. The van der Waals surface area contributed by atoms with Crippen LogP contribution in [-0.4, -0.2) is 4.98 Å². The van der Waals surface area contributed by atoms with Crippen LogP contribution >= 0.6 is 0 Å². The number of furan rings is 1. The van der Waals surface area contributed by atoms with Gasteiger partial charge in [-0.3, -0.25) is 4.98 Å². The molecule has 184 valence electrons. The minimum atomic E-state index is 0.876. The van der Waals surface area contributed by atoms with Crippen molar-refractivity contribution in [1.82, 2.24) is 4.98 Å². The lowest BCUT2D eigenvalue weighted by Gasteiger charge is -2.24. The zero-order valence-corrected chi connectivity index (χ0v) is 21.4. The minimum Gasteiger partial charge on any atom is -0.454 e. The number of rotatable bonds is 2. The molecular weight excluding hydrogens is 476 g/mol. The normalized spacial score (nSPS) is 11.9. The number of para-hydroxylation sites is 1. The van der Waals surface area contributed by atoms with E-state index in [4.69, 9.17) is 4.42 Å². The van der Waals surface area contributed by atoms with E-state index in [9.17, 15) is 0 Å². The Labute approximate surface area is 226 Å². The molecule has 0 fully saturated rings. The van der Waals surface area contributed by atoms with Gasteiger partial charge in [-0.1, -0.05) is 66.7 Å². The van der Waals surface area contributed by atoms with Crippen molar-refractivity contribution >= 4 is 33.3 Å². The topological polar surface area (TPSA) is 38.1 Å².